The quantitative estimate of drug-likeness (QED) is 0.787. The predicted octanol–water partition coefficient (Wildman–Crippen LogP) is 4.57. The number of aryl methyl sites for hydroxylation is 1. The van der Waals surface area contributed by atoms with E-state index in [1.807, 2.05) is 13.0 Å². The fourth-order valence-electron chi connectivity index (χ4n) is 1.63. The van der Waals surface area contributed by atoms with E-state index in [1.165, 1.54) is 6.21 Å². The average molecular weight is 341 g/mol. The van der Waals surface area contributed by atoms with Gasteiger partial charge in [0.05, 0.1) is 4.47 Å². The van der Waals surface area contributed by atoms with Crippen LogP contribution < -0.4 is 0 Å². The summed E-state index contributed by atoms with van der Waals surface area (Å²) in [6.45, 7) is 1.85. The third-order valence-corrected chi connectivity index (χ3v) is 3.43. The van der Waals surface area contributed by atoms with Crippen molar-refractivity contribution in [3.05, 3.63) is 51.0 Å². The molecule has 0 radical (unpaired) electrons. The van der Waals surface area contributed by atoms with Crippen molar-refractivity contribution in [3.63, 3.8) is 0 Å². The molecule has 0 heterocycles. The van der Waals surface area contributed by atoms with Gasteiger partial charge < -0.3 is 10.2 Å². The zero-order valence-corrected chi connectivity index (χ0v) is 12.4. The van der Waals surface area contributed by atoms with E-state index in [0.29, 0.717) is 20.7 Å². The lowest BCUT2D eigenvalue weighted by Crippen LogP contribution is -1.85. The number of aromatic hydroxyl groups is 2. The van der Waals surface area contributed by atoms with Crippen LogP contribution in [0.25, 0.3) is 0 Å². The third kappa shape index (κ3) is 3.08. The highest BCUT2D eigenvalue weighted by Gasteiger charge is 2.07. The summed E-state index contributed by atoms with van der Waals surface area (Å²) >= 11 is 9.12. The van der Waals surface area contributed by atoms with Crippen molar-refractivity contribution >= 4 is 39.4 Å². The van der Waals surface area contributed by atoms with Gasteiger partial charge in [0.15, 0.2) is 0 Å². The first-order valence-electron chi connectivity index (χ1n) is 5.49. The van der Waals surface area contributed by atoms with E-state index in [2.05, 4.69) is 20.9 Å². The molecule has 0 amide bonds. The van der Waals surface area contributed by atoms with Crippen LogP contribution in [0.5, 0.6) is 11.5 Å². The van der Waals surface area contributed by atoms with Crippen LogP contribution in [0.3, 0.4) is 0 Å². The maximum absolute atomic E-state index is 9.88. The van der Waals surface area contributed by atoms with Crippen molar-refractivity contribution in [2.75, 3.05) is 0 Å². The summed E-state index contributed by atoms with van der Waals surface area (Å²) in [7, 11) is 0. The molecule has 0 spiro atoms. The molecular formula is C14H11BrClNO2. The second kappa shape index (κ2) is 5.63. The molecule has 0 aliphatic carbocycles. The first-order valence-corrected chi connectivity index (χ1v) is 6.67. The highest BCUT2D eigenvalue weighted by molar-refractivity contribution is 9.10. The molecular weight excluding hydrogens is 330 g/mol. The summed E-state index contributed by atoms with van der Waals surface area (Å²) in [6.07, 6.45) is 1.47. The van der Waals surface area contributed by atoms with Crippen LogP contribution in [0.2, 0.25) is 5.02 Å². The lowest BCUT2D eigenvalue weighted by molar-refractivity contribution is 0.471. The van der Waals surface area contributed by atoms with E-state index in [9.17, 15) is 10.2 Å². The average Bonchev–Trinajstić information content (AvgIpc) is 2.34. The number of hydrogen-bond acceptors (Lipinski definition) is 3. The molecule has 0 saturated carbocycles. The van der Waals surface area contributed by atoms with Crippen molar-refractivity contribution in [3.8, 4) is 11.5 Å². The molecule has 2 rings (SSSR count). The number of benzene rings is 2. The highest BCUT2D eigenvalue weighted by Crippen LogP contribution is 2.33. The van der Waals surface area contributed by atoms with Crippen molar-refractivity contribution in [1.82, 2.24) is 0 Å². The summed E-state index contributed by atoms with van der Waals surface area (Å²) in [5.74, 6) is 0.151. The van der Waals surface area contributed by atoms with E-state index >= 15 is 0 Å². The van der Waals surface area contributed by atoms with Crippen LogP contribution >= 0.6 is 27.5 Å². The van der Waals surface area contributed by atoms with E-state index in [-0.39, 0.29) is 11.5 Å². The Morgan fingerprint density at radius 2 is 2.00 bits per heavy atom. The van der Waals surface area contributed by atoms with Gasteiger partial charge in [-0.3, -0.25) is 4.99 Å². The zero-order valence-electron chi connectivity index (χ0n) is 10.1. The van der Waals surface area contributed by atoms with E-state index in [4.69, 9.17) is 11.6 Å². The van der Waals surface area contributed by atoms with Crippen LogP contribution in [0.15, 0.2) is 39.8 Å². The molecule has 0 saturated heterocycles. The van der Waals surface area contributed by atoms with Gasteiger partial charge in [-0.25, -0.2) is 0 Å². The Balaban J connectivity index is 2.44. The molecule has 5 heteroatoms. The van der Waals surface area contributed by atoms with E-state index < -0.39 is 0 Å². The number of rotatable bonds is 2. The number of para-hydroxylation sites is 1. The van der Waals surface area contributed by atoms with Gasteiger partial charge in [0.25, 0.3) is 0 Å². The second-order valence-corrected chi connectivity index (χ2v) is 5.32. The van der Waals surface area contributed by atoms with E-state index in [1.54, 1.807) is 24.3 Å². The Morgan fingerprint density at radius 1 is 1.26 bits per heavy atom. The summed E-state index contributed by atoms with van der Waals surface area (Å²) in [6, 6.07) is 8.35. The minimum Gasteiger partial charge on any atom is -0.506 e. The standard InChI is InChI=1S/C14H11BrClNO2/c1-8-3-2-4-12(18)13(8)17-7-9-5-10(16)6-11(15)14(9)19/h2-7,18-19H,1H3. The first kappa shape index (κ1) is 13.9. The van der Waals surface area contributed by atoms with Gasteiger partial charge in [-0.2, -0.15) is 0 Å². The minimum absolute atomic E-state index is 0.0567. The van der Waals surface area contributed by atoms with Crippen molar-refractivity contribution < 1.29 is 10.2 Å². The maximum Gasteiger partial charge on any atom is 0.141 e. The van der Waals surface area contributed by atoms with Gasteiger partial charge in [-0.15, -0.1) is 0 Å². The number of phenolic OH excluding ortho intramolecular Hbond substituents is 2. The van der Waals surface area contributed by atoms with Crippen LogP contribution in [0, 0.1) is 6.92 Å². The van der Waals surface area contributed by atoms with Gasteiger partial charge in [0.1, 0.15) is 17.2 Å². The number of nitrogens with zero attached hydrogens (tertiary/aromatic N) is 1. The lowest BCUT2D eigenvalue weighted by Gasteiger charge is -2.04. The normalized spacial score (nSPS) is 11.1. The molecule has 0 aliphatic heterocycles. The number of aliphatic imine (C=N–C) groups is 1. The summed E-state index contributed by atoms with van der Waals surface area (Å²) in [5.41, 5.74) is 1.79. The smallest absolute Gasteiger partial charge is 0.141 e. The molecule has 0 fully saturated rings. The van der Waals surface area contributed by atoms with Crippen molar-refractivity contribution in [1.29, 1.82) is 0 Å². The lowest BCUT2D eigenvalue weighted by atomic mass is 10.2. The van der Waals surface area contributed by atoms with Crippen molar-refractivity contribution in [2.24, 2.45) is 4.99 Å². The molecule has 0 unspecified atom stereocenters. The first-order chi connectivity index (χ1) is 8.99. The molecule has 98 valence electrons. The summed E-state index contributed by atoms with van der Waals surface area (Å²) in [5, 5.41) is 20.1. The molecule has 3 nitrogen and oxygen atoms in total. The molecule has 0 atom stereocenters. The van der Waals surface area contributed by atoms with Gasteiger partial charge in [0, 0.05) is 16.8 Å². The Hall–Kier alpha value is -1.52. The van der Waals surface area contributed by atoms with Gasteiger partial charge in [-0.1, -0.05) is 23.7 Å². The summed E-state index contributed by atoms with van der Waals surface area (Å²) in [4.78, 5) is 4.20. The topological polar surface area (TPSA) is 52.8 Å². The largest absolute Gasteiger partial charge is 0.506 e. The fourth-order valence-corrected chi connectivity index (χ4v) is 2.46. The molecule has 0 bridgehead atoms. The SMILES string of the molecule is Cc1cccc(O)c1N=Cc1cc(Cl)cc(Br)c1O. The Labute approximate surface area is 124 Å². The molecule has 0 aromatic heterocycles. The minimum atomic E-state index is 0.0567. The Bertz CT molecular complexity index is 636. The third-order valence-electron chi connectivity index (χ3n) is 2.61. The zero-order chi connectivity index (χ0) is 14.0. The molecule has 2 N–H and O–H groups in total. The maximum atomic E-state index is 9.88. The predicted molar refractivity (Wildman–Crippen MR) is 80.9 cm³/mol. The number of hydrogen-bond donors (Lipinski definition) is 2. The molecule has 19 heavy (non-hydrogen) atoms. The van der Waals surface area contributed by atoms with E-state index in [0.717, 1.165) is 5.56 Å². The van der Waals surface area contributed by atoms with Gasteiger partial charge in [-0.05, 0) is 46.6 Å². The van der Waals surface area contributed by atoms with Gasteiger partial charge >= 0.3 is 0 Å². The Kier molecular flexibility index (Phi) is 4.12. The Morgan fingerprint density at radius 3 is 2.68 bits per heavy atom. The highest BCUT2D eigenvalue weighted by atomic mass is 79.9. The number of halogens is 2. The van der Waals surface area contributed by atoms with Crippen LogP contribution in [-0.4, -0.2) is 16.4 Å². The van der Waals surface area contributed by atoms with Crippen LogP contribution in [0.4, 0.5) is 5.69 Å². The van der Waals surface area contributed by atoms with Crippen LogP contribution in [-0.2, 0) is 0 Å². The molecule has 2 aromatic rings. The van der Waals surface area contributed by atoms with Gasteiger partial charge in [0.2, 0.25) is 0 Å². The molecule has 2 aromatic carbocycles. The monoisotopic (exact) mass is 339 g/mol. The number of phenols is 2. The second-order valence-electron chi connectivity index (χ2n) is 4.03. The van der Waals surface area contributed by atoms with Crippen LogP contribution in [0.1, 0.15) is 11.1 Å². The fraction of sp³-hybridized carbons (Fsp3) is 0.0714. The summed E-state index contributed by atoms with van der Waals surface area (Å²) < 4.78 is 0.496. The molecule has 0 aliphatic rings. The van der Waals surface area contributed by atoms with Crippen molar-refractivity contribution in [2.45, 2.75) is 6.92 Å².